The normalized spacial score (nSPS) is 17.6. The highest BCUT2D eigenvalue weighted by atomic mass is 32.2. The Morgan fingerprint density at radius 2 is 1.71 bits per heavy atom. The van der Waals surface area contributed by atoms with Crippen LogP contribution in [0.4, 0.5) is 10.2 Å². The van der Waals surface area contributed by atoms with E-state index in [2.05, 4.69) is 4.98 Å². The maximum atomic E-state index is 12.9. The fraction of sp³-hybridized carbons (Fsp3) is 0.478. The molecule has 4 rings (SSSR count). The van der Waals surface area contributed by atoms with Crippen LogP contribution < -0.4 is 9.64 Å². The van der Waals surface area contributed by atoms with E-state index in [1.54, 1.807) is 24.3 Å². The Morgan fingerprint density at radius 1 is 1.00 bits per heavy atom. The molecule has 2 aromatic rings. The lowest BCUT2D eigenvalue weighted by atomic mass is 10.2. The van der Waals surface area contributed by atoms with Crippen LogP contribution >= 0.6 is 0 Å². The first-order chi connectivity index (χ1) is 16.4. The number of halogens is 1. The Labute approximate surface area is 199 Å². The summed E-state index contributed by atoms with van der Waals surface area (Å²) in [4.78, 5) is 20.9. The zero-order chi connectivity index (χ0) is 24.0. The SMILES string of the molecule is O=C(CCCOc1ccc(F)cc1)N1CCN(c2ccc(S(=O)(=O)N3CCOCC3)cn2)CC1. The van der Waals surface area contributed by atoms with Crippen molar-refractivity contribution in [2.75, 3.05) is 64.0 Å². The first-order valence-electron chi connectivity index (χ1n) is 11.4. The third-order valence-electron chi connectivity index (χ3n) is 5.90. The van der Waals surface area contributed by atoms with E-state index in [1.807, 2.05) is 9.80 Å². The third kappa shape index (κ3) is 6.02. The van der Waals surface area contributed by atoms with Crippen molar-refractivity contribution in [2.24, 2.45) is 0 Å². The van der Waals surface area contributed by atoms with Crippen molar-refractivity contribution >= 4 is 21.7 Å². The van der Waals surface area contributed by atoms with Gasteiger partial charge in [-0.3, -0.25) is 4.79 Å². The van der Waals surface area contributed by atoms with Gasteiger partial charge < -0.3 is 19.3 Å². The molecule has 0 saturated carbocycles. The number of hydrogen-bond acceptors (Lipinski definition) is 7. The van der Waals surface area contributed by atoms with Gasteiger partial charge in [0.1, 0.15) is 22.3 Å². The van der Waals surface area contributed by atoms with Crippen LogP contribution in [0.5, 0.6) is 5.75 Å². The standard InChI is InChI=1S/C23H29FN4O5S/c24-19-3-5-20(6-4-19)33-15-1-2-23(29)27-11-9-26(10-12-27)22-8-7-21(18-25-22)34(30,31)28-13-16-32-17-14-28/h3-8,18H,1-2,9-17H2. The van der Waals surface area contributed by atoms with Crippen LogP contribution in [-0.2, 0) is 19.6 Å². The second-order valence-corrected chi connectivity index (χ2v) is 10.1. The summed E-state index contributed by atoms with van der Waals surface area (Å²) in [6.45, 7) is 4.28. The molecule has 2 aliphatic heterocycles. The van der Waals surface area contributed by atoms with Gasteiger partial charge in [-0.2, -0.15) is 4.31 Å². The Bertz CT molecular complexity index is 1050. The molecule has 0 spiro atoms. The molecule has 0 N–H and O–H groups in total. The van der Waals surface area contributed by atoms with Crippen molar-refractivity contribution in [1.82, 2.24) is 14.2 Å². The number of carbonyl (C=O) groups is 1. The smallest absolute Gasteiger partial charge is 0.244 e. The predicted octanol–water partition coefficient (Wildman–Crippen LogP) is 1.75. The molecule has 11 heteroatoms. The van der Waals surface area contributed by atoms with Crippen LogP contribution in [-0.4, -0.2) is 87.6 Å². The number of hydrogen-bond donors (Lipinski definition) is 0. The van der Waals surface area contributed by atoms with Crippen LogP contribution in [0.15, 0.2) is 47.5 Å². The van der Waals surface area contributed by atoms with Crippen molar-refractivity contribution in [3.05, 3.63) is 48.4 Å². The van der Waals surface area contributed by atoms with Crippen molar-refractivity contribution in [1.29, 1.82) is 0 Å². The second kappa shape index (κ2) is 11.1. The summed E-state index contributed by atoms with van der Waals surface area (Å²) in [7, 11) is -3.57. The fourth-order valence-electron chi connectivity index (χ4n) is 3.94. The molecule has 34 heavy (non-hydrogen) atoms. The Morgan fingerprint density at radius 3 is 2.35 bits per heavy atom. The molecule has 1 amide bonds. The minimum Gasteiger partial charge on any atom is -0.494 e. The number of morpholine rings is 1. The van der Waals surface area contributed by atoms with Crippen LogP contribution in [0.3, 0.4) is 0 Å². The second-order valence-electron chi connectivity index (χ2n) is 8.14. The van der Waals surface area contributed by atoms with Gasteiger partial charge in [0.05, 0.1) is 19.8 Å². The van der Waals surface area contributed by atoms with Gasteiger partial charge in [-0.15, -0.1) is 0 Å². The number of pyridine rings is 1. The number of rotatable bonds is 8. The van der Waals surface area contributed by atoms with Crippen LogP contribution in [0.2, 0.25) is 0 Å². The average molecular weight is 493 g/mol. The summed E-state index contributed by atoms with van der Waals surface area (Å²) in [5.74, 6) is 1.03. The number of aromatic nitrogens is 1. The first-order valence-corrected chi connectivity index (χ1v) is 12.8. The van der Waals surface area contributed by atoms with E-state index in [9.17, 15) is 17.6 Å². The lowest BCUT2D eigenvalue weighted by molar-refractivity contribution is -0.131. The molecular weight excluding hydrogens is 463 g/mol. The van der Waals surface area contributed by atoms with E-state index in [0.29, 0.717) is 83.5 Å². The Balaban J connectivity index is 1.21. The lowest BCUT2D eigenvalue weighted by Crippen LogP contribution is -2.49. The van der Waals surface area contributed by atoms with Gasteiger partial charge in [0.2, 0.25) is 15.9 Å². The van der Waals surface area contributed by atoms with E-state index in [1.165, 1.54) is 22.6 Å². The van der Waals surface area contributed by atoms with Crippen molar-refractivity contribution in [3.8, 4) is 5.75 Å². The average Bonchev–Trinajstić information content (AvgIpc) is 2.88. The number of ether oxygens (including phenoxy) is 2. The highest BCUT2D eigenvalue weighted by Crippen LogP contribution is 2.20. The Kier molecular flexibility index (Phi) is 7.96. The minimum atomic E-state index is -3.57. The maximum Gasteiger partial charge on any atom is 0.244 e. The van der Waals surface area contributed by atoms with Gasteiger partial charge in [0.15, 0.2) is 0 Å². The quantitative estimate of drug-likeness (QED) is 0.519. The largest absolute Gasteiger partial charge is 0.494 e. The molecule has 2 fully saturated rings. The summed E-state index contributed by atoms with van der Waals surface area (Å²) in [6, 6.07) is 9.12. The molecule has 184 valence electrons. The van der Waals surface area contributed by atoms with Crippen LogP contribution in [0.1, 0.15) is 12.8 Å². The number of benzene rings is 1. The molecule has 3 heterocycles. The Hall–Kier alpha value is -2.76. The number of amides is 1. The third-order valence-corrected chi connectivity index (χ3v) is 7.78. The molecule has 0 aliphatic carbocycles. The summed E-state index contributed by atoms with van der Waals surface area (Å²) in [5, 5.41) is 0. The molecule has 0 radical (unpaired) electrons. The molecule has 0 bridgehead atoms. The van der Waals surface area contributed by atoms with E-state index in [4.69, 9.17) is 9.47 Å². The van der Waals surface area contributed by atoms with Crippen LogP contribution in [0, 0.1) is 5.82 Å². The highest BCUT2D eigenvalue weighted by Gasteiger charge is 2.27. The molecule has 0 unspecified atom stereocenters. The molecule has 2 saturated heterocycles. The zero-order valence-corrected chi connectivity index (χ0v) is 19.8. The molecule has 2 aliphatic rings. The monoisotopic (exact) mass is 492 g/mol. The van der Waals surface area contributed by atoms with Gasteiger partial charge in [-0.25, -0.2) is 17.8 Å². The molecular formula is C23H29FN4O5S. The van der Waals surface area contributed by atoms with Gasteiger partial charge >= 0.3 is 0 Å². The molecule has 1 aromatic carbocycles. The van der Waals surface area contributed by atoms with Gasteiger partial charge in [0, 0.05) is 51.9 Å². The van der Waals surface area contributed by atoms with E-state index >= 15 is 0 Å². The van der Waals surface area contributed by atoms with Crippen LogP contribution in [0.25, 0.3) is 0 Å². The van der Waals surface area contributed by atoms with Gasteiger partial charge in [-0.1, -0.05) is 0 Å². The first kappa shape index (κ1) is 24.4. The number of piperazine rings is 1. The van der Waals surface area contributed by atoms with Crippen molar-refractivity contribution in [3.63, 3.8) is 0 Å². The summed E-state index contributed by atoms with van der Waals surface area (Å²) in [5.41, 5.74) is 0. The van der Waals surface area contributed by atoms with Gasteiger partial charge in [0.25, 0.3) is 0 Å². The van der Waals surface area contributed by atoms with Gasteiger partial charge in [-0.05, 0) is 42.8 Å². The van der Waals surface area contributed by atoms with Crippen molar-refractivity contribution in [2.45, 2.75) is 17.7 Å². The number of carbonyl (C=O) groups excluding carboxylic acids is 1. The van der Waals surface area contributed by atoms with E-state index in [-0.39, 0.29) is 16.6 Å². The predicted molar refractivity (Wildman–Crippen MR) is 124 cm³/mol. The molecule has 9 nitrogen and oxygen atoms in total. The van der Waals surface area contributed by atoms with Crippen molar-refractivity contribution < 1.29 is 27.1 Å². The molecule has 1 aromatic heterocycles. The maximum absolute atomic E-state index is 12.9. The molecule has 0 atom stereocenters. The number of anilines is 1. The van der Waals surface area contributed by atoms with E-state index < -0.39 is 10.0 Å². The highest BCUT2D eigenvalue weighted by molar-refractivity contribution is 7.89. The number of nitrogens with zero attached hydrogens (tertiary/aromatic N) is 4. The number of sulfonamides is 1. The van der Waals surface area contributed by atoms with E-state index in [0.717, 1.165) is 0 Å². The summed E-state index contributed by atoms with van der Waals surface area (Å²) >= 11 is 0. The summed E-state index contributed by atoms with van der Waals surface area (Å²) < 4.78 is 50.6. The zero-order valence-electron chi connectivity index (χ0n) is 18.9. The topological polar surface area (TPSA) is 92.3 Å². The minimum absolute atomic E-state index is 0.0715. The lowest BCUT2D eigenvalue weighted by Gasteiger charge is -2.35. The fourth-order valence-corrected chi connectivity index (χ4v) is 5.29. The summed E-state index contributed by atoms with van der Waals surface area (Å²) in [6.07, 6.45) is 2.36.